The van der Waals surface area contributed by atoms with Crippen molar-refractivity contribution in [2.45, 2.75) is 51.7 Å². The van der Waals surface area contributed by atoms with E-state index in [4.69, 9.17) is 4.74 Å². The van der Waals surface area contributed by atoms with E-state index < -0.39 is 5.60 Å². The molecular formula is C19H23NO2. The van der Waals surface area contributed by atoms with E-state index in [1.54, 1.807) is 0 Å². The molecule has 4 rings (SSSR count). The molecule has 3 aliphatic rings. The number of hydrogen-bond donors (Lipinski definition) is 0. The Morgan fingerprint density at radius 3 is 2.68 bits per heavy atom. The maximum absolute atomic E-state index is 12.8. The molecule has 2 bridgehead atoms. The first kappa shape index (κ1) is 13.9. The average molecular weight is 297 g/mol. The molecule has 1 fully saturated rings. The normalized spacial score (nSPS) is 31.4. The standard InChI is InChI=1S/C19H23NO2/c1-11-5-8-14-15(9-11)20(18(21)22-19(2,3)4)17-13-7-6-12(10-13)16(14)17/h5-9,12-13,16-17H,10H2,1-4H3. The minimum Gasteiger partial charge on any atom is -0.443 e. The number of carbonyl (C=O) groups is 1. The van der Waals surface area contributed by atoms with Crippen LogP contribution < -0.4 is 4.90 Å². The van der Waals surface area contributed by atoms with Crippen molar-refractivity contribution >= 4 is 11.8 Å². The molecule has 3 heteroatoms. The van der Waals surface area contributed by atoms with Crippen LogP contribution in [0.4, 0.5) is 10.5 Å². The molecule has 1 aromatic rings. The van der Waals surface area contributed by atoms with Crippen molar-refractivity contribution in [3.05, 3.63) is 41.5 Å². The number of benzene rings is 1. The van der Waals surface area contributed by atoms with E-state index in [-0.39, 0.29) is 12.1 Å². The number of rotatable bonds is 0. The van der Waals surface area contributed by atoms with Crippen LogP contribution in [0.15, 0.2) is 30.4 Å². The molecule has 1 amide bonds. The van der Waals surface area contributed by atoms with Crippen LogP contribution in [0.2, 0.25) is 0 Å². The lowest BCUT2D eigenvalue weighted by molar-refractivity contribution is 0.0563. The summed E-state index contributed by atoms with van der Waals surface area (Å²) >= 11 is 0. The van der Waals surface area contributed by atoms with Crippen molar-refractivity contribution in [3.8, 4) is 0 Å². The Morgan fingerprint density at radius 2 is 1.95 bits per heavy atom. The summed E-state index contributed by atoms with van der Waals surface area (Å²) in [6, 6.07) is 6.74. The average Bonchev–Trinajstić information content (AvgIpc) is 3.05. The molecule has 4 atom stereocenters. The van der Waals surface area contributed by atoms with Gasteiger partial charge in [-0.2, -0.15) is 0 Å². The van der Waals surface area contributed by atoms with Gasteiger partial charge in [0.05, 0.1) is 11.7 Å². The van der Waals surface area contributed by atoms with Crippen LogP contribution in [-0.2, 0) is 4.74 Å². The molecule has 0 aromatic heterocycles. The first-order valence-electron chi connectivity index (χ1n) is 8.16. The van der Waals surface area contributed by atoms with Gasteiger partial charge in [0.1, 0.15) is 5.60 Å². The quantitative estimate of drug-likeness (QED) is 0.664. The first-order chi connectivity index (χ1) is 10.3. The Hall–Kier alpha value is -1.77. The summed E-state index contributed by atoms with van der Waals surface area (Å²) in [7, 11) is 0. The molecule has 0 N–H and O–H groups in total. The van der Waals surface area contributed by atoms with Gasteiger partial charge < -0.3 is 4.74 Å². The zero-order valence-electron chi connectivity index (χ0n) is 13.7. The second-order valence-electron chi connectivity index (χ2n) is 7.88. The molecule has 1 aromatic carbocycles. The molecular weight excluding hydrogens is 274 g/mol. The van der Waals surface area contributed by atoms with Gasteiger partial charge >= 0.3 is 6.09 Å². The highest BCUT2D eigenvalue weighted by Gasteiger charge is 2.55. The highest BCUT2D eigenvalue weighted by Crippen LogP contribution is 2.58. The summed E-state index contributed by atoms with van der Waals surface area (Å²) < 4.78 is 5.70. The number of anilines is 1. The molecule has 0 spiro atoms. The third kappa shape index (κ3) is 1.91. The van der Waals surface area contributed by atoms with Gasteiger partial charge in [-0.05, 0) is 63.1 Å². The molecule has 1 aliphatic heterocycles. The van der Waals surface area contributed by atoms with Gasteiger partial charge in [-0.15, -0.1) is 0 Å². The van der Waals surface area contributed by atoms with Gasteiger partial charge in [0, 0.05) is 5.92 Å². The Bertz CT molecular complexity index is 671. The monoisotopic (exact) mass is 297 g/mol. The predicted octanol–water partition coefficient (Wildman–Crippen LogP) is 4.41. The van der Waals surface area contributed by atoms with Crippen LogP contribution in [0.25, 0.3) is 0 Å². The summed E-state index contributed by atoms with van der Waals surface area (Å²) in [6.07, 6.45) is 5.60. The van der Waals surface area contributed by atoms with Crippen molar-refractivity contribution in [2.75, 3.05) is 4.90 Å². The number of amides is 1. The summed E-state index contributed by atoms with van der Waals surface area (Å²) in [6.45, 7) is 7.86. The fourth-order valence-corrected chi connectivity index (χ4v) is 4.40. The molecule has 116 valence electrons. The van der Waals surface area contributed by atoms with Crippen molar-refractivity contribution in [1.82, 2.24) is 0 Å². The first-order valence-corrected chi connectivity index (χ1v) is 8.16. The SMILES string of the molecule is Cc1ccc2c(c1)N(C(=O)OC(C)(C)C)C1C3C=CC(C3)C21. The molecule has 3 nitrogen and oxygen atoms in total. The maximum Gasteiger partial charge on any atom is 0.415 e. The topological polar surface area (TPSA) is 29.5 Å². The number of allylic oxidation sites excluding steroid dienone is 1. The van der Waals surface area contributed by atoms with Gasteiger partial charge in [0.2, 0.25) is 0 Å². The summed E-state index contributed by atoms with van der Waals surface area (Å²) in [5.74, 6) is 1.48. The van der Waals surface area contributed by atoms with Gasteiger partial charge in [0.25, 0.3) is 0 Å². The van der Waals surface area contributed by atoms with Crippen LogP contribution in [-0.4, -0.2) is 17.7 Å². The van der Waals surface area contributed by atoms with Crippen molar-refractivity contribution in [1.29, 1.82) is 0 Å². The van der Waals surface area contributed by atoms with Crippen molar-refractivity contribution in [3.63, 3.8) is 0 Å². The van der Waals surface area contributed by atoms with E-state index in [0.29, 0.717) is 17.8 Å². The van der Waals surface area contributed by atoms with Gasteiger partial charge in [-0.25, -0.2) is 4.79 Å². The number of hydrogen-bond acceptors (Lipinski definition) is 2. The van der Waals surface area contributed by atoms with Crippen molar-refractivity contribution < 1.29 is 9.53 Å². The maximum atomic E-state index is 12.8. The summed E-state index contributed by atoms with van der Waals surface area (Å²) in [5, 5.41) is 0. The molecule has 4 unspecified atom stereocenters. The van der Waals surface area contributed by atoms with Crippen LogP contribution in [0.1, 0.15) is 44.2 Å². The highest BCUT2D eigenvalue weighted by molar-refractivity contribution is 5.93. The Kier molecular flexibility index (Phi) is 2.76. The summed E-state index contributed by atoms with van der Waals surface area (Å²) in [4.78, 5) is 14.8. The van der Waals surface area contributed by atoms with E-state index in [1.807, 2.05) is 25.7 Å². The lowest BCUT2D eigenvalue weighted by atomic mass is 9.86. The number of nitrogens with zero attached hydrogens (tertiary/aromatic N) is 1. The summed E-state index contributed by atoms with van der Waals surface area (Å²) in [5.41, 5.74) is 3.10. The molecule has 0 saturated heterocycles. The van der Waals surface area contributed by atoms with Gasteiger partial charge in [-0.3, -0.25) is 4.90 Å². The van der Waals surface area contributed by atoms with Crippen LogP contribution in [0.5, 0.6) is 0 Å². The zero-order valence-corrected chi connectivity index (χ0v) is 13.7. The molecule has 22 heavy (non-hydrogen) atoms. The second kappa shape index (κ2) is 4.37. The van der Waals surface area contributed by atoms with Gasteiger partial charge in [-0.1, -0.05) is 24.3 Å². The number of aryl methyl sites for hydroxylation is 1. The Balaban J connectivity index is 1.78. The number of carbonyl (C=O) groups excluding carboxylic acids is 1. The fourth-order valence-electron chi connectivity index (χ4n) is 4.40. The lowest BCUT2D eigenvalue weighted by Gasteiger charge is -2.32. The van der Waals surface area contributed by atoms with Crippen LogP contribution >= 0.6 is 0 Å². The van der Waals surface area contributed by atoms with Crippen LogP contribution in [0.3, 0.4) is 0 Å². The fraction of sp³-hybridized carbons (Fsp3) is 0.526. The third-order valence-electron chi connectivity index (χ3n) is 5.11. The molecule has 1 heterocycles. The number of fused-ring (bicyclic) bond motifs is 7. The van der Waals surface area contributed by atoms with E-state index >= 15 is 0 Å². The van der Waals surface area contributed by atoms with Crippen molar-refractivity contribution in [2.24, 2.45) is 11.8 Å². The van der Waals surface area contributed by atoms with E-state index in [9.17, 15) is 4.79 Å². The lowest BCUT2D eigenvalue weighted by Crippen LogP contribution is -2.44. The molecule has 2 aliphatic carbocycles. The van der Waals surface area contributed by atoms with E-state index in [1.165, 1.54) is 17.5 Å². The van der Waals surface area contributed by atoms with Gasteiger partial charge in [0.15, 0.2) is 0 Å². The van der Waals surface area contributed by atoms with Crippen LogP contribution in [0, 0.1) is 18.8 Å². The minimum absolute atomic E-state index is 0.201. The zero-order chi connectivity index (χ0) is 15.6. The molecule has 0 radical (unpaired) electrons. The second-order valence-corrected chi connectivity index (χ2v) is 7.88. The highest BCUT2D eigenvalue weighted by atomic mass is 16.6. The third-order valence-corrected chi connectivity index (χ3v) is 5.11. The number of ether oxygens (including phenoxy) is 1. The predicted molar refractivity (Wildman–Crippen MR) is 87.2 cm³/mol. The smallest absolute Gasteiger partial charge is 0.415 e. The minimum atomic E-state index is -0.466. The Labute approximate surface area is 132 Å². The molecule has 1 saturated carbocycles. The van der Waals surface area contributed by atoms with E-state index in [0.717, 1.165) is 5.69 Å². The Morgan fingerprint density at radius 1 is 1.23 bits per heavy atom. The largest absolute Gasteiger partial charge is 0.443 e. The van der Waals surface area contributed by atoms with E-state index in [2.05, 4.69) is 37.3 Å².